The van der Waals surface area contributed by atoms with Gasteiger partial charge in [0.1, 0.15) is 11.3 Å². The lowest BCUT2D eigenvalue weighted by atomic mass is 9.91. The third-order valence-corrected chi connectivity index (χ3v) is 4.91. The highest BCUT2D eigenvalue weighted by atomic mass is 16.7. The summed E-state index contributed by atoms with van der Waals surface area (Å²) in [6, 6.07) is 4.07. The second kappa shape index (κ2) is 5.99. The molecule has 0 atom stereocenters. The molecule has 1 heterocycles. The second-order valence-corrected chi connectivity index (χ2v) is 7.51. The Morgan fingerprint density at radius 3 is 2.20 bits per heavy atom. The van der Waals surface area contributed by atoms with Crippen LogP contribution in [-0.4, -0.2) is 29.6 Å². The zero-order valence-corrected chi connectivity index (χ0v) is 15.7. The minimum atomic E-state index is -0.852. The van der Waals surface area contributed by atoms with Crippen molar-refractivity contribution in [1.82, 2.24) is 5.06 Å². The average Bonchev–Trinajstić information content (AvgIpc) is 3.30. The average molecular weight is 343 g/mol. The third kappa shape index (κ3) is 2.86. The van der Waals surface area contributed by atoms with Gasteiger partial charge < -0.3 is 4.74 Å². The van der Waals surface area contributed by atoms with Gasteiger partial charge in [0.2, 0.25) is 0 Å². The monoisotopic (exact) mass is 343 g/mol. The largest absolute Gasteiger partial charge is 0.427 e. The Hall–Kier alpha value is -2.14. The minimum Gasteiger partial charge on any atom is -0.427 e. The molecule has 1 aromatic rings. The number of carbonyl (C=O) groups excluding carboxylic acids is 2. The molecule has 0 radical (unpaired) electrons. The number of ether oxygens (including phenoxy) is 1. The lowest BCUT2D eigenvalue weighted by Gasteiger charge is -2.30. The molecule has 0 unspecified atom stereocenters. The maximum Gasteiger partial charge on any atom is 0.314 e. The molecule has 0 saturated heterocycles. The van der Waals surface area contributed by atoms with Gasteiger partial charge in [0.15, 0.2) is 0 Å². The van der Waals surface area contributed by atoms with Crippen LogP contribution in [0.25, 0.3) is 5.57 Å². The minimum absolute atomic E-state index is 0.0449. The highest BCUT2D eigenvalue weighted by Gasteiger charge is 2.50. The van der Waals surface area contributed by atoms with Crippen LogP contribution in [0.15, 0.2) is 17.9 Å². The molecule has 1 saturated carbocycles. The summed E-state index contributed by atoms with van der Waals surface area (Å²) in [6.45, 7) is 9.62. The van der Waals surface area contributed by atoms with Crippen molar-refractivity contribution in [2.24, 2.45) is 5.92 Å². The number of aryl methyl sites for hydroxylation is 3. The molecule has 134 valence electrons. The van der Waals surface area contributed by atoms with Crippen LogP contribution in [0.2, 0.25) is 0 Å². The molecule has 1 aliphatic heterocycles. The molecule has 2 aliphatic rings. The first kappa shape index (κ1) is 17.7. The number of nitrogens with zero attached hydrogens (tertiary/aromatic N) is 1. The van der Waals surface area contributed by atoms with Gasteiger partial charge in [0.25, 0.3) is 5.91 Å². The number of esters is 1. The SMILES string of the molecule is CON1C(=O)C(c2c(C)cc(C)cc2C)=C(OC(=O)C2CC2)C1(C)C. The first-order valence-corrected chi connectivity index (χ1v) is 8.61. The van der Waals surface area contributed by atoms with E-state index in [9.17, 15) is 9.59 Å². The fraction of sp³-hybridized carbons (Fsp3) is 0.500. The number of amides is 1. The van der Waals surface area contributed by atoms with Crippen LogP contribution in [0.1, 0.15) is 48.9 Å². The molecule has 1 aromatic carbocycles. The van der Waals surface area contributed by atoms with Crippen LogP contribution in [0.3, 0.4) is 0 Å². The van der Waals surface area contributed by atoms with E-state index in [1.54, 1.807) is 0 Å². The van der Waals surface area contributed by atoms with Gasteiger partial charge in [-0.15, -0.1) is 0 Å². The molecule has 5 heteroatoms. The number of hydroxylamine groups is 2. The Balaban J connectivity index is 2.19. The highest BCUT2D eigenvalue weighted by molar-refractivity contribution is 6.23. The van der Waals surface area contributed by atoms with Gasteiger partial charge in [-0.05, 0) is 64.2 Å². The number of benzene rings is 1. The number of rotatable bonds is 4. The van der Waals surface area contributed by atoms with Crippen LogP contribution in [0, 0.1) is 26.7 Å². The summed E-state index contributed by atoms with van der Waals surface area (Å²) in [5.41, 5.74) is 3.49. The van der Waals surface area contributed by atoms with E-state index in [0.717, 1.165) is 35.1 Å². The van der Waals surface area contributed by atoms with E-state index in [0.29, 0.717) is 11.3 Å². The Kier molecular flexibility index (Phi) is 4.23. The normalized spacial score (nSPS) is 19.6. The van der Waals surface area contributed by atoms with Crippen LogP contribution in [0.4, 0.5) is 0 Å². The maximum atomic E-state index is 13.1. The molecular weight excluding hydrogens is 318 g/mol. The molecule has 0 aromatic heterocycles. The van der Waals surface area contributed by atoms with Crippen LogP contribution in [-0.2, 0) is 19.2 Å². The van der Waals surface area contributed by atoms with Crippen molar-refractivity contribution in [1.29, 1.82) is 0 Å². The van der Waals surface area contributed by atoms with Gasteiger partial charge in [0, 0.05) is 0 Å². The fourth-order valence-corrected chi connectivity index (χ4v) is 3.64. The second-order valence-electron chi connectivity index (χ2n) is 7.51. The fourth-order valence-electron chi connectivity index (χ4n) is 3.64. The summed E-state index contributed by atoms with van der Waals surface area (Å²) in [5.74, 6) is -0.197. The smallest absolute Gasteiger partial charge is 0.314 e. The molecule has 1 fully saturated rings. The van der Waals surface area contributed by atoms with Gasteiger partial charge in [-0.1, -0.05) is 17.7 Å². The topological polar surface area (TPSA) is 55.8 Å². The van der Waals surface area contributed by atoms with E-state index in [1.165, 1.54) is 12.2 Å². The van der Waals surface area contributed by atoms with E-state index in [1.807, 2.05) is 46.8 Å². The van der Waals surface area contributed by atoms with Crippen molar-refractivity contribution in [2.75, 3.05) is 7.11 Å². The predicted molar refractivity (Wildman–Crippen MR) is 94.3 cm³/mol. The molecule has 0 N–H and O–H groups in total. The van der Waals surface area contributed by atoms with Gasteiger partial charge in [-0.25, -0.2) is 5.06 Å². The lowest BCUT2D eigenvalue weighted by Crippen LogP contribution is -2.43. The Morgan fingerprint density at radius 1 is 1.16 bits per heavy atom. The number of carbonyl (C=O) groups is 2. The van der Waals surface area contributed by atoms with Gasteiger partial charge in [-0.2, -0.15) is 0 Å². The van der Waals surface area contributed by atoms with E-state index in [2.05, 4.69) is 0 Å². The summed E-state index contributed by atoms with van der Waals surface area (Å²) >= 11 is 0. The molecule has 0 spiro atoms. The van der Waals surface area contributed by atoms with Crippen molar-refractivity contribution < 1.29 is 19.2 Å². The van der Waals surface area contributed by atoms with Crippen molar-refractivity contribution in [3.8, 4) is 0 Å². The van der Waals surface area contributed by atoms with E-state index < -0.39 is 5.54 Å². The quantitative estimate of drug-likeness (QED) is 0.786. The highest BCUT2D eigenvalue weighted by Crippen LogP contribution is 2.44. The predicted octanol–water partition coefficient (Wildman–Crippen LogP) is 3.46. The summed E-state index contributed by atoms with van der Waals surface area (Å²) in [6.07, 6.45) is 1.71. The number of hydrogen-bond acceptors (Lipinski definition) is 4. The maximum absolute atomic E-state index is 13.1. The first-order valence-electron chi connectivity index (χ1n) is 8.61. The van der Waals surface area contributed by atoms with Crippen LogP contribution >= 0.6 is 0 Å². The van der Waals surface area contributed by atoms with Gasteiger partial charge in [-0.3, -0.25) is 14.4 Å². The molecule has 3 rings (SSSR count). The summed E-state index contributed by atoms with van der Waals surface area (Å²) in [7, 11) is 1.46. The van der Waals surface area contributed by atoms with Crippen LogP contribution < -0.4 is 0 Å². The van der Waals surface area contributed by atoms with Crippen molar-refractivity contribution in [2.45, 2.75) is 53.0 Å². The van der Waals surface area contributed by atoms with E-state index >= 15 is 0 Å². The first-order chi connectivity index (χ1) is 11.7. The summed E-state index contributed by atoms with van der Waals surface area (Å²) in [5, 5.41) is 1.29. The van der Waals surface area contributed by atoms with Crippen molar-refractivity contribution >= 4 is 17.4 Å². The summed E-state index contributed by atoms with van der Waals surface area (Å²) in [4.78, 5) is 30.7. The lowest BCUT2D eigenvalue weighted by molar-refractivity contribution is -0.191. The molecule has 1 amide bonds. The Labute approximate surface area is 148 Å². The molecular formula is C20H25NO4. The van der Waals surface area contributed by atoms with Crippen molar-refractivity contribution in [3.63, 3.8) is 0 Å². The Bertz CT molecular complexity index is 764. The summed E-state index contributed by atoms with van der Waals surface area (Å²) < 4.78 is 5.76. The van der Waals surface area contributed by atoms with E-state index in [-0.39, 0.29) is 17.8 Å². The third-order valence-electron chi connectivity index (χ3n) is 4.91. The van der Waals surface area contributed by atoms with Gasteiger partial charge in [0.05, 0.1) is 18.6 Å². The molecule has 0 bridgehead atoms. The zero-order valence-electron chi connectivity index (χ0n) is 15.7. The zero-order chi connectivity index (χ0) is 18.5. The molecule has 25 heavy (non-hydrogen) atoms. The molecule has 5 nitrogen and oxygen atoms in total. The van der Waals surface area contributed by atoms with Gasteiger partial charge >= 0.3 is 5.97 Å². The van der Waals surface area contributed by atoms with E-state index in [4.69, 9.17) is 9.57 Å². The number of hydrogen-bond donors (Lipinski definition) is 0. The van der Waals surface area contributed by atoms with Crippen molar-refractivity contribution in [3.05, 3.63) is 40.1 Å². The molecule has 1 aliphatic carbocycles. The standard InChI is InChI=1S/C20H25NO4/c1-11-9-12(2)15(13(3)10-11)16-17(25-19(23)14-7-8-14)20(4,5)21(24-6)18(16)22/h9-10,14H,7-8H2,1-6H3. The Morgan fingerprint density at radius 2 is 1.72 bits per heavy atom. The van der Waals surface area contributed by atoms with Crippen LogP contribution in [0.5, 0.6) is 0 Å².